The lowest BCUT2D eigenvalue weighted by Gasteiger charge is -2.13. The minimum Gasteiger partial charge on any atom is -0.338 e. The molecule has 0 fully saturated rings. The van der Waals surface area contributed by atoms with E-state index in [9.17, 15) is 4.79 Å². The van der Waals surface area contributed by atoms with Crippen molar-refractivity contribution in [2.24, 2.45) is 5.73 Å². The second-order valence-corrected chi connectivity index (χ2v) is 4.02. The average Bonchev–Trinajstić information content (AvgIpc) is 2.77. The molecule has 1 aromatic carbocycles. The summed E-state index contributed by atoms with van der Waals surface area (Å²) < 4.78 is 4.94. The van der Waals surface area contributed by atoms with Gasteiger partial charge in [-0.25, -0.2) is 0 Å². The molecule has 0 saturated carbocycles. The maximum absolute atomic E-state index is 12.1. The first-order valence-electron chi connectivity index (χ1n) is 5.70. The molecule has 0 spiro atoms. The molecule has 2 aromatic rings. The quantitative estimate of drug-likeness (QED) is 0.858. The van der Waals surface area contributed by atoms with E-state index in [-0.39, 0.29) is 12.5 Å². The van der Waals surface area contributed by atoms with Gasteiger partial charge in [0.05, 0.1) is 11.6 Å². The summed E-state index contributed by atoms with van der Waals surface area (Å²) in [5, 5.41) is 6.37. The molecule has 1 aromatic heterocycles. The lowest BCUT2D eigenvalue weighted by Crippen LogP contribution is -2.27. The SMILES string of the molecule is Cc1cc(NC(=O)C(CN)c2ccccc2)on1. The fourth-order valence-electron chi connectivity index (χ4n) is 1.71. The molecule has 5 heteroatoms. The number of nitrogens with two attached hydrogens (primary N) is 1. The zero-order chi connectivity index (χ0) is 13.0. The zero-order valence-corrected chi connectivity index (χ0v) is 10.1. The summed E-state index contributed by atoms with van der Waals surface area (Å²) in [6, 6.07) is 11.1. The summed E-state index contributed by atoms with van der Waals surface area (Å²) in [4.78, 5) is 12.1. The van der Waals surface area contributed by atoms with Crippen molar-refractivity contribution in [3.05, 3.63) is 47.7 Å². The van der Waals surface area contributed by atoms with Gasteiger partial charge in [0.1, 0.15) is 0 Å². The van der Waals surface area contributed by atoms with E-state index < -0.39 is 5.92 Å². The van der Waals surface area contributed by atoms with Crippen LogP contribution in [0, 0.1) is 6.92 Å². The largest absolute Gasteiger partial charge is 0.338 e. The van der Waals surface area contributed by atoms with E-state index >= 15 is 0 Å². The number of aromatic nitrogens is 1. The Bertz CT molecular complexity index is 522. The number of anilines is 1. The molecule has 0 bridgehead atoms. The number of aryl methyl sites for hydroxylation is 1. The van der Waals surface area contributed by atoms with Crippen LogP contribution in [-0.2, 0) is 4.79 Å². The van der Waals surface area contributed by atoms with Crippen LogP contribution in [-0.4, -0.2) is 17.6 Å². The summed E-state index contributed by atoms with van der Waals surface area (Å²) in [7, 11) is 0. The molecule has 18 heavy (non-hydrogen) atoms. The van der Waals surface area contributed by atoms with E-state index in [1.54, 1.807) is 13.0 Å². The van der Waals surface area contributed by atoms with E-state index in [0.717, 1.165) is 5.56 Å². The van der Waals surface area contributed by atoms with Crippen molar-refractivity contribution in [1.29, 1.82) is 0 Å². The lowest BCUT2D eigenvalue weighted by molar-refractivity contribution is -0.117. The van der Waals surface area contributed by atoms with Crippen LogP contribution in [0.1, 0.15) is 17.2 Å². The van der Waals surface area contributed by atoms with Gasteiger partial charge in [0.25, 0.3) is 0 Å². The molecule has 0 radical (unpaired) electrons. The van der Waals surface area contributed by atoms with E-state index in [0.29, 0.717) is 11.6 Å². The van der Waals surface area contributed by atoms with Crippen molar-refractivity contribution in [2.75, 3.05) is 11.9 Å². The number of carbonyl (C=O) groups is 1. The Hall–Kier alpha value is -2.14. The Kier molecular flexibility index (Phi) is 3.74. The normalized spacial score (nSPS) is 12.1. The highest BCUT2D eigenvalue weighted by atomic mass is 16.5. The van der Waals surface area contributed by atoms with Gasteiger partial charge in [-0.1, -0.05) is 35.5 Å². The molecule has 1 heterocycles. The topological polar surface area (TPSA) is 81.2 Å². The standard InChI is InChI=1S/C13H15N3O2/c1-9-7-12(18-16-9)15-13(17)11(8-14)10-5-3-2-4-6-10/h2-7,11H,8,14H2,1H3,(H,15,17). The Labute approximate surface area is 105 Å². The van der Waals surface area contributed by atoms with E-state index in [2.05, 4.69) is 10.5 Å². The molecule has 94 valence electrons. The Morgan fingerprint density at radius 2 is 2.17 bits per heavy atom. The van der Waals surface area contributed by atoms with Crippen molar-refractivity contribution in [3.8, 4) is 0 Å². The molecule has 0 aliphatic carbocycles. The minimum atomic E-state index is -0.392. The smallest absolute Gasteiger partial charge is 0.235 e. The minimum absolute atomic E-state index is 0.195. The van der Waals surface area contributed by atoms with Crippen LogP contribution in [0.4, 0.5) is 5.88 Å². The monoisotopic (exact) mass is 245 g/mol. The molecular formula is C13H15N3O2. The van der Waals surface area contributed by atoms with Gasteiger partial charge < -0.3 is 10.3 Å². The van der Waals surface area contributed by atoms with Crippen molar-refractivity contribution in [2.45, 2.75) is 12.8 Å². The highest BCUT2D eigenvalue weighted by molar-refractivity contribution is 5.95. The van der Waals surface area contributed by atoms with Crippen molar-refractivity contribution >= 4 is 11.8 Å². The predicted octanol–water partition coefficient (Wildman–Crippen LogP) is 1.66. The number of amides is 1. The van der Waals surface area contributed by atoms with Crippen LogP contribution < -0.4 is 11.1 Å². The Morgan fingerprint density at radius 1 is 1.44 bits per heavy atom. The Balaban J connectivity index is 2.11. The van der Waals surface area contributed by atoms with Gasteiger partial charge in [0.2, 0.25) is 11.8 Å². The summed E-state index contributed by atoms with van der Waals surface area (Å²) >= 11 is 0. The van der Waals surface area contributed by atoms with Gasteiger partial charge >= 0.3 is 0 Å². The van der Waals surface area contributed by atoms with E-state index in [4.69, 9.17) is 10.3 Å². The van der Waals surface area contributed by atoms with Crippen molar-refractivity contribution < 1.29 is 9.32 Å². The molecular weight excluding hydrogens is 230 g/mol. The highest BCUT2D eigenvalue weighted by Gasteiger charge is 2.19. The van der Waals surface area contributed by atoms with Crippen LogP contribution in [0.2, 0.25) is 0 Å². The van der Waals surface area contributed by atoms with E-state index in [1.807, 2.05) is 30.3 Å². The van der Waals surface area contributed by atoms with Gasteiger partial charge in [-0.15, -0.1) is 0 Å². The molecule has 0 saturated heterocycles. The van der Waals surface area contributed by atoms with Crippen LogP contribution in [0.3, 0.4) is 0 Å². The number of benzene rings is 1. The highest BCUT2D eigenvalue weighted by Crippen LogP contribution is 2.17. The summed E-state index contributed by atoms with van der Waals surface area (Å²) in [6.45, 7) is 2.03. The van der Waals surface area contributed by atoms with Crippen LogP contribution >= 0.6 is 0 Å². The van der Waals surface area contributed by atoms with Crippen LogP contribution in [0.25, 0.3) is 0 Å². The first kappa shape index (κ1) is 12.3. The van der Waals surface area contributed by atoms with Gasteiger partial charge in [-0.05, 0) is 12.5 Å². The number of nitrogens with one attached hydrogen (secondary N) is 1. The Morgan fingerprint density at radius 3 is 2.72 bits per heavy atom. The van der Waals surface area contributed by atoms with Gasteiger partial charge in [0.15, 0.2) is 0 Å². The molecule has 0 aliphatic rings. The molecule has 3 N–H and O–H groups in total. The molecule has 1 amide bonds. The van der Waals surface area contributed by atoms with Crippen LogP contribution in [0.5, 0.6) is 0 Å². The molecule has 0 aliphatic heterocycles. The number of rotatable bonds is 4. The summed E-state index contributed by atoms with van der Waals surface area (Å²) in [5.74, 6) is -0.247. The number of hydrogen-bond acceptors (Lipinski definition) is 4. The maximum Gasteiger partial charge on any atom is 0.235 e. The van der Waals surface area contributed by atoms with Crippen molar-refractivity contribution in [1.82, 2.24) is 5.16 Å². The van der Waals surface area contributed by atoms with Crippen LogP contribution in [0.15, 0.2) is 40.9 Å². The zero-order valence-electron chi connectivity index (χ0n) is 10.1. The molecule has 2 rings (SSSR count). The second-order valence-electron chi connectivity index (χ2n) is 4.02. The lowest BCUT2D eigenvalue weighted by atomic mass is 9.98. The summed E-state index contributed by atoms with van der Waals surface area (Å²) in [6.07, 6.45) is 0. The van der Waals surface area contributed by atoms with Gasteiger partial charge in [0, 0.05) is 12.6 Å². The van der Waals surface area contributed by atoms with Gasteiger partial charge in [-0.2, -0.15) is 0 Å². The molecule has 1 unspecified atom stereocenters. The number of hydrogen-bond donors (Lipinski definition) is 2. The third-order valence-corrected chi connectivity index (χ3v) is 2.63. The number of carbonyl (C=O) groups excluding carboxylic acids is 1. The molecule has 1 atom stereocenters. The number of nitrogens with zero attached hydrogens (tertiary/aromatic N) is 1. The first-order valence-corrected chi connectivity index (χ1v) is 5.70. The van der Waals surface area contributed by atoms with Crippen molar-refractivity contribution in [3.63, 3.8) is 0 Å². The predicted molar refractivity (Wildman–Crippen MR) is 68.1 cm³/mol. The maximum atomic E-state index is 12.1. The first-order chi connectivity index (χ1) is 8.70. The summed E-state index contributed by atoms with van der Waals surface area (Å²) in [5.41, 5.74) is 7.26. The molecule has 5 nitrogen and oxygen atoms in total. The fourth-order valence-corrected chi connectivity index (χ4v) is 1.71. The third kappa shape index (κ3) is 2.75. The third-order valence-electron chi connectivity index (χ3n) is 2.63. The average molecular weight is 245 g/mol. The van der Waals surface area contributed by atoms with E-state index in [1.165, 1.54) is 0 Å². The fraction of sp³-hybridized carbons (Fsp3) is 0.231. The van der Waals surface area contributed by atoms with Gasteiger partial charge in [-0.3, -0.25) is 10.1 Å². The second kappa shape index (κ2) is 5.46.